The zero-order valence-corrected chi connectivity index (χ0v) is 14.6. The normalized spacial score (nSPS) is 46.4. The van der Waals surface area contributed by atoms with Gasteiger partial charge in [-0.3, -0.25) is 4.52 Å². The molecule has 2 fully saturated rings. The van der Waals surface area contributed by atoms with Crippen molar-refractivity contribution >= 4 is 7.82 Å². The van der Waals surface area contributed by atoms with Gasteiger partial charge < -0.3 is 59.7 Å². The first-order chi connectivity index (χ1) is 12.5. The van der Waals surface area contributed by atoms with Gasteiger partial charge in [-0.1, -0.05) is 0 Å². The second kappa shape index (κ2) is 9.02. The summed E-state index contributed by atoms with van der Waals surface area (Å²) in [5.74, 6) is 0. The average molecular weight is 422 g/mol. The zero-order chi connectivity index (χ0) is 20.5. The molecule has 15 heteroatoms. The van der Waals surface area contributed by atoms with Crippen molar-refractivity contribution in [3.8, 4) is 0 Å². The third-order valence-electron chi connectivity index (χ3n) is 4.20. The molecule has 0 spiro atoms. The lowest BCUT2D eigenvalue weighted by molar-refractivity contribution is -0.353. The molecule has 0 unspecified atom stereocenters. The van der Waals surface area contributed by atoms with Crippen LogP contribution in [0.5, 0.6) is 0 Å². The van der Waals surface area contributed by atoms with Crippen LogP contribution in [0.1, 0.15) is 0 Å². The molecule has 9 N–H and O–H groups in total. The zero-order valence-electron chi connectivity index (χ0n) is 13.7. The van der Waals surface area contributed by atoms with Crippen LogP contribution >= 0.6 is 7.82 Å². The minimum Gasteiger partial charge on any atom is -0.394 e. The molecule has 14 nitrogen and oxygen atoms in total. The molecule has 2 aliphatic rings. The number of aliphatic hydroxyl groups excluding tert-OH is 7. The first-order valence-electron chi connectivity index (χ1n) is 7.82. The lowest BCUT2D eigenvalue weighted by Crippen LogP contribution is -2.64. The summed E-state index contributed by atoms with van der Waals surface area (Å²) in [6, 6.07) is 0. The van der Waals surface area contributed by atoms with Gasteiger partial charge in [-0.15, -0.1) is 0 Å². The average Bonchev–Trinajstić information content (AvgIpc) is 2.60. The highest BCUT2D eigenvalue weighted by atomic mass is 31.2. The van der Waals surface area contributed by atoms with Crippen LogP contribution in [-0.4, -0.2) is 120 Å². The molecule has 2 saturated heterocycles. The summed E-state index contributed by atoms with van der Waals surface area (Å²) in [6.07, 6.45) is -17.3. The molecule has 0 aromatic carbocycles. The number of rotatable bonds is 6. The van der Waals surface area contributed by atoms with E-state index in [1.54, 1.807) is 0 Å². The third kappa shape index (κ3) is 5.20. The molecule has 0 amide bonds. The van der Waals surface area contributed by atoms with Gasteiger partial charge in [-0.25, -0.2) is 4.57 Å². The number of phosphoric ester groups is 1. The van der Waals surface area contributed by atoms with Gasteiger partial charge in [0.2, 0.25) is 0 Å². The molecule has 27 heavy (non-hydrogen) atoms. The number of ether oxygens (including phenoxy) is 3. The second-order valence-corrected chi connectivity index (χ2v) is 7.29. The van der Waals surface area contributed by atoms with Crippen molar-refractivity contribution in [1.29, 1.82) is 0 Å². The lowest BCUT2D eigenvalue weighted by Gasteiger charge is -2.45. The predicted molar refractivity (Wildman–Crippen MR) is 79.5 cm³/mol. The molecular weight excluding hydrogens is 399 g/mol. The standard InChI is InChI=1S/C12H23O14P/c13-1-3-5(15)6(16)8(18)11(23-3)25-10-4(2-14)24-12(9(19)7(10)17)26-27(20,21)22/h3-19H,1-2H2,(H2,20,21,22)/t3-,4-,5+,6+,7-,8-,9+,10-,11+,12-/m1/s1. The Kier molecular flexibility index (Phi) is 7.68. The predicted octanol–water partition coefficient (Wildman–Crippen LogP) is -5.28. The van der Waals surface area contributed by atoms with Crippen molar-refractivity contribution in [2.45, 2.75) is 61.4 Å². The van der Waals surface area contributed by atoms with E-state index < -0.39 is 82.4 Å². The summed E-state index contributed by atoms with van der Waals surface area (Å²) < 4.78 is 30.4. The van der Waals surface area contributed by atoms with Crippen molar-refractivity contribution in [3.63, 3.8) is 0 Å². The van der Waals surface area contributed by atoms with Gasteiger partial charge in [0, 0.05) is 0 Å². The molecule has 0 saturated carbocycles. The largest absolute Gasteiger partial charge is 0.472 e. The monoisotopic (exact) mass is 422 g/mol. The van der Waals surface area contributed by atoms with Crippen LogP contribution in [0.3, 0.4) is 0 Å². The molecule has 0 aliphatic carbocycles. The van der Waals surface area contributed by atoms with Crippen LogP contribution in [-0.2, 0) is 23.3 Å². The number of hydrogen-bond donors (Lipinski definition) is 9. The van der Waals surface area contributed by atoms with Crippen LogP contribution in [0, 0.1) is 0 Å². The Bertz CT molecular complexity index is 524. The van der Waals surface area contributed by atoms with Crippen LogP contribution in [0.25, 0.3) is 0 Å². The Morgan fingerprint density at radius 3 is 1.78 bits per heavy atom. The van der Waals surface area contributed by atoms with Crippen LogP contribution < -0.4 is 0 Å². The molecule has 10 atom stereocenters. The fraction of sp³-hybridized carbons (Fsp3) is 1.00. The maximum absolute atomic E-state index is 10.9. The van der Waals surface area contributed by atoms with Crippen LogP contribution in [0.15, 0.2) is 0 Å². The first-order valence-corrected chi connectivity index (χ1v) is 9.35. The van der Waals surface area contributed by atoms with Crippen molar-refractivity contribution < 1.29 is 68.8 Å². The summed E-state index contributed by atoms with van der Waals surface area (Å²) >= 11 is 0. The fourth-order valence-electron chi connectivity index (χ4n) is 2.78. The van der Waals surface area contributed by atoms with Gasteiger partial charge >= 0.3 is 7.82 Å². The van der Waals surface area contributed by atoms with E-state index in [0.717, 1.165) is 0 Å². The quantitative estimate of drug-likeness (QED) is 0.182. The fourth-order valence-corrected chi connectivity index (χ4v) is 3.22. The Balaban J connectivity index is 2.14. The summed E-state index contributed by atoms with van der Waals surface area (Å²) in [5, 5.41) is 68.0. The molecule has 160 valence electrons. The van der Waals surface area contributed by atoms with Gasteiger partial charge in [-0.05, 0) is 0 Å². The highest BCUT2D eigenvalue weighted by Crippen LogP contribution is 2.41. The topological polar surface area (TPSA) is 236 Å². The molecule has 0 radical (unpaired) electrons. The lowest BCUT2D eigenvalue weighted by atomic mass is 9.97. The second-order valence-electron chi connectivity index (χ2n) is 6.10. The van der Waals surface area contributed by atoms with E-state index in [2.05, 4.69) is 4.52 Å². The van der Waals surface area contributed by atoms with Gasteiger partial charge in [-0.2, -0.15) is 0 Å². The third-order valence-corrected chi connectivity index (χ3v) is 4.68. The summed E-state index contributed by atoms with van der Waals surface area (Å²) in [7, 11) is -5.10. The van der Waals surface area contributed by atoms with E-state index in [4.69, 9.17) is 29.1 Å². The smallest absolute Gasteiger partial charge is 0.394 e. The minimum atomic E-state index is -5.10. The van der Waals surface area contributed by atoms with Crippen molar-refractivity contribution in [3.05, 3.63) is 0 Å². The van der Waals surface area contributed by atoms with Gasteiger partial charge in [0.05, 0.1) is 13.2 Å². The Hall–Kier alpha value is -0.290. The maximum Gasteiger partial charge on any atom is 0.472 e. The Morgan fingerprint density at radius 2 is 1.26 bits per heavy atom. The molecule has 0 aromatic heterocycles. The van der Waals surface area contributed by atoms with Crippen molar-refractivity contribution in [1.82, 2.24) is 0 Å². The van der Waals surface area contributed by atoms with E-state index in [9.17, 15) is 35.2 Å². The van der Waals surface area contributed by atoms with Gasteiger partial charge in [0.15, 0.2) is 12.6 Å². The van der Waals surface area contributed by atoms with Crippen LogP contribution in [0.2, 0.25) is 0 Å². The number of hydrogen-bond acceptors (Lipinski definition) is 12. The molecule has 0 aromatic rings. The summed E-state index contributed by atoms with van der Waals surface area (Å²) in [5.41, 5.74) is 0. The van der Waals surface area contributed by atoms with Crippen LogP contribution in [0.4, 0.5) is 0 Å². The molecule has 0 bridgehead atoms. The molecule has 2 rings (SSSR count). The highest BCUT2D eigenvalue weighted by molar-refractivity contribution is 7.46. The Morgan fingerprint density at radius 1 is 0.741 bits per heavy atom. The SMILES string of the molecule is O=P(O)(O)O[C@H]1O[C@H](CO)[C@@H](O[C@@H]2O[C@H](CO)[C@H](O)[C@H](O)[C@H]2O)[C@H](O)[C@@H]1O. The van der Waals surface area contributed by atoms with E-state index in [1.807, 2.05) is 0 Å². The highest BCUT2D eigenvalue weighted by Gasteiger charge is 2.51. The summed E-state index contributed by atoms with van der Waals surface area (Å²) in [4.78, 5) is 17.6. The van der Waals surface area contributed by atoms with Gasteiger partial charge in [0.1, 0.15) is 48.8 Å². The van der Waals surface area contributed by atoms with Crippen molar-refractivity contribution in [2.24, 2.45) is 0 Å². The molecular formula is C12H23O14P. The number of aliphatic hydroxyl groups is 7. The Labute approximate surface area is 152 Å². The molecule has 2 heterocycles. The first kappa shape index (κ1) is 23.0. The van der Waals surface area contributed by atoms with Crippen molar-refractivity contribution in [2.75, 3.05) is 13.2 Å². The van der Waals surface area contributed by atoms with E-state index in [-0.39, 0.29) is 0 Å². The van der Waals surface area contributed by atoms with E-state index >= 15 is 0 Å². The maximum atomic E-state index is 10.9. The number of phosphoric acid groups is 1. The molecule has 2 aliphatic heterocycles. The minimum absolute atomic E-state index is 0.737. The van der Waals surface area contributed by atoms with E-state index in [0.29, 0.717) is 0 Å². The van der Waals surface area contributed by atoms with Gasteiger partial charge in [0.25, 0.3) is 0 Å². The summed E-state index contributed by atoms with van der Waals surface area (Å²) in [6.45, 7) is -1.59. The van der Waals surface area contributed by atoms with E-state index in [1.165, 1.54) is 0 Å².